The smallest absolute Gasteiger partial charge is 0.203 e. The Kier molecular flexibility index (Phi) is 3.39. The molecule has 0 saturated carbocycles. The second-order valence-electron chi connectivity index (χ2n) is 4.81. The highest BCUT2D eigenvalue weighted by Crippen LogP contribution is 2.18. The van der Waals surface area contributed by atoms with Gasteiger partial charge in [-0.05, 0) is 23.3 Å². The van der Waals surface area contributed by atoms with Crippen molar-refractivity contribution in [1.82, 2.24) is 9.55 Å². The minimum atomic E-state index is 0.0818. The summed E-state index contributed by atoms with van der Waals surface area (Å²) in [5, 5.41) is 12.4. The van der Waals surface area contributed by atoms with Gasteiger partial charge in [-0.15, -0.1) is 0 Å². The van der Waals surface area contributed by atoms with Crippen LogP contribution in [0.4, 0.5) is 5.95 Å². The summed E-state index contributed by atoms with van der Waals surface area (Å²) >= 11 is 0. The van der Waals surface area contributed by atoms with Gasteiger partial charge < -0.3 is 15.0 Å². The first-order chi connectivity index (χ1) is 9.78. The Bertz CT molecular complexity index is 716. The summed E-state index contributed by atoms with van der Waals surface area (Å²) < 4.78 is 2.05. The monoisotopic (exact) mass is 267 g/mol. The Morgan fingerprint density at radius 3 is 2.45 bits per heavy atom. The Hall–Kier alpha value is -2.33. The molecule has 4 nitrogen and oxygen atoms in total. The number of nitrogens with zero attached hydrogens (tertiary/aromatic N) is 2. The molecule has 0 spiro atoms. The van der Waals surface area contributed by atoms with E-state index >= 15 is 0 Å². The summed E-state index contributed by atoms with van der Waals surface area (Å²) in [6, 6.07) is 16.0. The van der Waals surface area contributed by atoms with E-state index in [9.17, 15) is 0 Å². The molecule has 0 unspecified atom stereocenters. The van der Waals surface area contributed by atoms with E-state index in [1.54, 1.807) is 0 Å². The van der Waals surface area contributed by atoms with Gasteiger partial charge in [-0.25, -0.2) is 4.98 Å². The number of anilines is 1. The molecule has 0 aliphatic carbocycles. The van der Waals surface area contributed by atoms with E-state index in [1.165, 1.54) is 0 Å². The van der Waals surface area contributed by atoms with Crippen LogP contribution in [0.3, 0.4) is 0 Å². The number of benzene rings is 2. The average molecular weight is 267 g/mol. The van der Waals surface area contributed by atoms with Crippen molar-refractivity contribution in [1.29, 1.82) is 0 Å². The Balaban J connectivity index is 1.77. The van der Waals surface area contributed by atoms with Crippen molar-refractivity contribution >= 4 is 17.0 Å². The normalized spacial score (nSPS) is 10.9. The maximum atomic E-state index is 9.02. The highest BCUT2D eigenvalue weighted by atomic mass is 16.3. The van der Waals surface area contributed by atoms with E-state index in [-0.39, 0.29) is 6.61 Å². The lowest BCUT2D eigenvalue weighted by Crippen LogP contribution is -2.05. The molecule has 20 heavy (non-hydrogen) atoms. The lowest BCUT2D eigenvalue weighted by atomic mass is 10.1. The molecular weight excluding hydrogens is 250 g/mol. The molecule has 4 heteroatoms. The summed E-state index contributed by atoms with van der Waals surface area (Å²) in [4.78, 5) is 4.57. The molecular formula is C16H17N3O. The summed E-state index contributed by atoms with van der Waals surface area (Å²) in [5.74, 6) is 0.859. The predicted octanol–water partition coefficient (Wildman–Crippen LogP) is 2.68. The van der Waals surface area contributed by atoms with Gasteiger partial charge in [0.25, 0.3) is 0 Å². The first kappa shape index (κ1) is 12.7. The van der Waals surface area contributed by atoms with E-state index < -0.39 is 0 Å². The number of fused-ring (bicyclic) bond motifs is 1. The zero-order chi connectivity index (χ0) is 13.9. The molecule has 0 atom stereocenters. The van der Waals surface area contributed by atoms with Gasteiger partial charge in [0.2, 0.25) is 5.95 Å². The third-order valence-corrected chi connectivity index (χ3v) is 3.44. The second kappa shape index (κ2) is 5.35. The topological polar surface area (TPSA) is 50.1 Å². The number of para-hydroxylation sites is 2. The molecule has 2 N–H and O–H groups in total. The zero-order valence-corrected chi connectivity index (χ0v) is 11.4. The van der Waals surface area contributed by atoms with Crippen molar-refractivity contribution in [2.75, 3.05) is 5.32 Å². The van der Waals surface area contributed by atoms with Crippen LogP contribution in [0.25, 0.3) is 11.0 Å². The maximum absolute atomic E-state index is 9.02. The van der Waals surface area contributed by atoms with Crippen LogP contribution in [0, 0.1) is 0 Å². The highest BCUT2D eigenvalue weighted by Gasteiger charge is 2.06. The lowest BCUT2D eigenvalue weighted by molar-refractivity contribution is 0.282. The van der Waals surface area contributed by atoms with Crippen molar-refractivity contribution in [3.8, 4) is 0 Å². The zero-order valence-electron chi connectivity index (χ0n) is 11.4. The maximum Gasteiger partial charge on any atom is 0.203 e. The standard InChI is InChI=1S/C16H17N3O/c1-19-15-5-3-2-4-14(15)18-16(19)17-10-12-6-8-13(11-20)9-7-12/h2-9,20H,10-11H2,1H3,(H,17,18). The molecule has 0 saturated heterocycles. The van der Waals surface area contributed by atoms with Crippen LogP contribution in [-0.2, 0) is 20.2 Å². The van der Waals surface area contributed by atoms with Crippen molar-refractivity contribution in [3.63, 3.8) is 0 Å². The van der Waals surface area contributed by atoms with Crippen LogP contribution in [-0.4, -0.2) is 14.7 Å². The summed E-state index contributed by atoms with van der Waals surface area (Å²) in [5.41, 5.74) is 4.20. The first-order valence-electron chi connectivity index (χ1n) is 6.62. The van der Waals surface area contributed by atoms with Crippen LogP contribution in [0.1, 0.15) is 11.1 Å². The van der Waals surface area contributed by atoms with Gasteiger partial charge in [-0.3, -0.25) is 0 Å². The van der Waals surface area contributed by atoms with Gasteiger partial charge >= 0.3 is 0 Å². The minimum absolute atomic E-state index is 0.0818. The molecule has 1 aromatic heterocycles. The van der Waals surface area contributed by atoms with E-state index in [0.29, 0.717) is 6.54 Å². The molecule has 0 radical (unpaired) electrons. The van der Waals surface area contributed by atoms with Gasteiger partial charge in [0.15, 0.2) is 0 Å². The van der Waals surface area contributed by atoms with E-state index in [0.717, 1.165) is 28.1 Å². The molecule has 0 amide bonds. The number of imidazole rings is 1. The molecule has 3 aromatic rings. The number of aliphatic hydroxyl groups is 1. The first-order valence-corrected chi connectivity index (χ1v) is 6.62. The number of rotatable bonds is 4. The Morgan fingerprint density at radius 1 is 1.05 bits per heavy atom. The van der Waals surface area contributed by atoms with Crippen LogP contribution in [0.5, 0.6) is 0 Å². The predicted molar refractivity (Wildman–Crippen MR) is 80.4 cm³/mol. The number of aromatic nitrogens is 2. The molecule has 0 fully saturated rings. The number of aliphatic hydroxyl groups excluding tert-OH is 1. The molecule has 2 aromatic carbocycles. The van der Waals surface area contributed by atoms with Crippen LogP contribution < -0.4 is 5.32 Å². The Labute approximate surface area is 117 Å². The van der Waals surface area contributed by atoms with Crippen LogP contribution >= 0.6 is 0 Å². The Morgan fingerprint density at radius 2 is 1.75 bits per heavy atom. The van der Waals surface area contributed by atoms with Gasteiger partial charge in [-0.2, -0.15) is 0 Å². The van der Waals surface area contributed by atoms with Crippen molar-refractivity contribution < 1.29 is 5.11 Å². The van der Waals surface area contributed by atoms with E-state index in [4.69, 9.17) is 5.11 Å². The molecule has 0 bridgehead atoms. The fourth-order valence-corrected chi connectivity index (χ4v) is 2.25. The van der Waals surface area contributed by atoms with Crippen molar-refractivity contribution in [2.45, 2.75) is 13.2 Å². The van der Waals surface area contributed by atoms with E-state index in [2.05, 4.69) is 20.9 Å². The molecule has 0 aliphatic rings. The molecule has 1 heterocycles. The number of nitrogens with one attached hydrogen (secondary N) is 1. The summed E-state index contributed by atoms with van der Waals surface area (Å²) in [6.45, 7) is 0.793. The van der Waals surface area contributed by atoms with Gasteiger partial charge in [0.1, 0.15) is 0 Å². The largest absolute Gasteiger partial charge is 0.392 e. The van der Waals surface area contributed by atoms with Gasteiger partial charge in [0.05, 0.1) is 17.6 Å². The number of hydrogen-bond acceptors (Lipinski definition) is 3. The van der Waals surface area contributed by atoms with Crippen molar-refractivity contribution in [3.05, 3.63) is 59.7 Å². The van der Waals surface area contributed by atoms with Crippen molar-refractivity contribution in [2.24, 2.45) is 7.05 Å². The highest BCUT2D eigenvalue weighted by molar-refractivity contribution is 5.78. The summed E-state index contributed by atoms with van der Waals surface area (Å²) in [7, 11) is 2.01. The minimum Gasteiger partial charge on any atom is -0.392 e. The molecule has 102 valence electrons. The number of aryl methyl sites for hydroxylation is 1. The molecule has 0 aliphatic heterocycles. The quantitative estimate of drug-likeness (QED) is 0.764. The fourth-order valence-electron chi connectivity index (χ4n) is 2.25. The lowest BCUT2D eigenvalue weighted by Gasteiger charge is -2.07. The van der Waals surface area contributed by atoms with Gasteiger partial charge in [0, 0.05) is 13.6 Å². The number of hydrogen-bond donors (Lipinski definition) is 2. The van der Waals surface area contributed by atoms with E-state index in [1.807, 2.05) is 49.5 Å². The average Bonchev–Trinajstić information content (AvgIpc) is 2.83. The fraction of sp³-hybridized carbons (Fsp3) is 0.188. The van der Waals surface area contributed by atoms with Crippen LogP contribution in [0.15, 0.2) is 48.5 Å². The van der Waals surface area contributed by atoms with Crippen LogP contribution in [0.2, 0.25) is 0 Å². The SMILES string of the molecule is Cn1c(NCc2ccc(CO)cc2)nc2ccccc21. The third-order valence-electron chi connectivity index (χ3n) is 3.44. The van der Waals surface area contributed by atoms with Gasteiger partial charge in [-0.1, -0.05) is 36.4 Å². The molecule has 3 rings (SSSR count). The second-order valence-corrected chi connectivity index (χ2v) is 4.81. The third kappa shape index (κ3) is 2.38. The summed E-state index contributed by atoms with van der Waals surface area (Å²) in [6.07, 6.45) is 0.